The van der Waals surface area contributed by atoms with Crippen LogP contribution in [0.1, 0.15) is 6.92 Å². The molecule has 1 unspecified atom stereocenters. The van der Waals surface area contributed by atoms with Gasteiger partial charge in [0.1, 0.15) is 6.10 Å². The van der Waals surface area contributed by atoms with E-state index >= 15 is 0 Å². The van der Waals surface area contributed by atoms with Gasteiger partial charge in [-0.25, -0.2) is 0 Å². The van der Waals surface area contributed by atoms with E-state index in [0.29, 0.717) is 0 Å². The first-order valence-corrected chi connectivity index (χ1v) is 1.62. The summed E-state index contributed by atoms with van der Waals surface area (Å²) in [5, 5.41) is 8.16. The minimum absolute atomic E-state index is 0. The van der Waals surface area contributed by atoms with Crippen molar-refractivity contribution in [3.63, 3.8) is 0 Å². The van der Waals surface area contributed by atoms with Crippen molar-refractivity contribution in [1.29, 1.82) is 0 Å². The number of aliphatic hydroxyl groups is 1. The Morgan fingerprint density at radius 2 is 1.88 bits per heavy atom. The zero-order chi connectivity index (χ0) is 5.15. The van der Waals surface area contributed by atoms with E-state index in [9.17, 15) is 4.79 Å². The van der Waals surface area contributed by atoms with Gasteiger partial charge >= 0.3 is 0 Å². The fraction of sp³-hybridized carbons (Fsp3) is 0.667. The molecule has 0 aliphatic heterocycles. The van der Waals surface area contributed by atoms with Crippen LogP contribution in [0.2, 0.25) is 0 Å². The molecule has 0 aromatic carbocycles. The van der Waals surface area contributed by atoms with Crippen molar-refractivity contribution in [2.75, 3.05) is 0 Å². The highest BCUT2D eigenvalue weighted by atomic mass is 27.0. The van der Waals surface area contributed by atoms with E-state index in [4.69, 9.17) is 5.11 Å². The van der Waals surface area contributed by atoms with E-state index in [1.54, 1.807) is 0 Å². The van der Waals surface area contributed by atoms with Gasteiger partial charge in [-0.05, 0) is 6.92 Å². The summed E-state index contributed by atoms with van der Waals surface area (Å²) in [6.45, 7) is 1.32. The molecule has 0 saturated heterocycles. The molecule has 0 aliphatic carbocycles. The lowest BCUT2D eigenvalue weighted by Gasteiger charge is -1.90. The topological polar surface area (TPSA) is 94.8 Å². The first-order valence-electron chi connectivity index (χ1n) is 1.62. The number of primary amides is 1. The molecule has 0 bridgehead atoms. The van der Waals surface area contributed by atoms with Crippen LogP contribution in [-0.2, 0) is 4.79 Å². The predicted molar refractivity (Wildman–Crippen MR) is 34.4 cm³/mol. The smallest absolute Gasteiger partial charge is 0.245 e. The van der Waals surface area contributed by atoms with Gasteiger partial charge in [0.25, 0.3) is 0 Å². The highest BCUT2D eigenvalue weighted by Gasteiger charge is 1.98. The van der Waals surface area contributed by atoms with E-state index < -0.39 is 12.0 Å². The fourth-order valence-corrected chi connectivity index (χ4v) is 0. The SMILES string of the molecule is CC(O)C(N)=O.O.[AlH3]. The van der Waals surface area contributed by atoms with Gasteiger partial charge in [0.15, 0.2) is 17.4 Å². The highest BCUT2D eigenvalue weighted by Crippen LogP contribution is 1.70. The summed E-state index contributed by atoms with van der Waals surface area (Å²) >= 11 is 0. The molecular weight excluding hydrogens is 125 g/mol. The van der Waals surface area contributed by atoms with Gasteiger partial charge in [0.05, 0.1) is 0 Å². The Morgan fingerprint density at radius 3 is 1.88 bits per heavy atom. The predicted octanol–water partition coefficient (Wildman–Crippen LogP) is -3.16. The molecule has 5 heteroatoms. The summed E-state index contributed by atoms with van der Waals surface area (Å²) in [7, 11) is 0. The number of rotatable bonds is 1. The normalized spacial score (nSPS) is 10.2. The van der Waals surface area contributed by atoms with Crippen molar-refractivity contribution in [2.24, 2.45) is 5.73 Å². The van der Waals surface area contributed by atoms with Crippen molar-refractivity contribution < 1.29 is 15.4 Å². The third kappa shape index (κ3) is 9.33. The largest absolute Gasteiger partial charge is 0.412 e. The molecule has 0 rings (SSSR count). The molecule has 5 N–H and O–H groups in total. The minimum atomic E-state index is -1.01. The number of aliphatic hydroxyl groups excluding tert-OH is 1. The molecule has 0 aromatic heterocycles. The van der Waals surface area contributed by atoms with E-state index in [1.807, 2.05) is 0 Å². The molecule has 0 aliphatic rings. The van der Waals surface area contributed by atoms with Gasteiger partial charge in [-0.1, -0.05) is 0 Å². The summed E-state index contributed by atoms with van der Waals surface area (Å²) in [4.78, 5) is 9.67. The quantitative estimate of drug-likeness (QED) is 0.373. The number of hydrogen-bond acceptors (Lipinski definition) is 2. The highest BCUT2D eigenvalue weighted by molar-refractivity contribution is 5.77. The number of amides is 1. The van der Waals surface area contributed by atoms with Crippen LogP contribution >= 0.6 is 0 Å². The lowest BCUT2D eigenvalue weighted by atomic mass is 10.4. The average molecular weight is 137 g/mol. The summed E-state index contributed by atoms with van der Waals surface area (Å²) in [6, 6.07) is 0. The lowest BCUT2D eigenvalue weighted by molar-refractivity contribution is -0.125. The summed E-state index contributed by atoms with van der Waals surface area (Å²) < 4.78 is 0. The standard InChI is InChI=1S/C3H7NO2.Al.H2O.3H/c1-2(5)3(4)6;;;;;/h2,5H,1H3,(H2,4,6);;1H2;;;. The molecule has 4 nitrogen and oxygen atoms in total. The van der Waals surface area contributed by atoms with E-state index in [-0.39, 0.29) is 22.8 Å². The van der Waals surface area contributed by atoms with Crippen LogP contribution in [0.5, 0.6) is 0 Å². The lowest BCUT2D eigenvalue weighted by Crippen LogP contribution is -2.24. The molecule has 0 aromatic rings. The third-order valence-electron chi connectivity index (χ3n) is 0.412. The molecule has 8 heavy (non-hydrogen) atoms. The minimum Gasteiger partial charge on any atom is -0.412 e. The van der Waals surface area contributed by atoms with Gasteiger partial charge in [-0.2, -0.15) is 0 Å². The Labute approximate surface area is 58.1 Å². The zero-order valence-corrected chi connectivity index (χ0v) is 4.01. The van der Waals surface area contributed by atoms with Crippen LogP contribution in [0, 0.1) is 0 Å². The van der Waals surface area contributed by atoms with E-state index in [1.165, 1.54) is 6.92 Å². The van der Waals surface area contributed by atoms with Gasteiger partial charge in [0.2, 0.25) is 5.91 Å². The summed E-state index contributed by atoms with van der Waals surface area (Å²) in [5.41, 5.74) is 4.55. The van der Waals surface area contributed by atoms with Crippen LogP contribution in [-0.4, -0.2) is 40.0 Å². The summed E-state index contributed by atoms with van der Waals surface area (Å²) in [6.07, 6.45) is -1.01. The van der Waals surface area contributed by atoms with Crippen molar-refractivity contribution in [1.82, 2.24) is 0 Å². The molecule has 1 amide bonds. The number of hydrogen-bond donors (Lipinski definition) is 2. The Bertz CT molecular complexity index is 65.5. The van der Waals surface area contributed by atoms with Gasteiger partial charge in [0, 0.05) is 0 Å². The van der Waals surface area contributed by atoms with Crippen LogP contribution in [0.15, 0.2) is 0 Å². The van der Waals surface area contributed by atoms with Crippen LogP contribution in [0.4, 0.5) is 0 Å². The summed E-state index contributed by atoms with van der Waals surface area (Å²) in [5.74, 6) is -0.685. The van der Waals surface area contributed by atoms with Gasteiger partial charge < -0.3 is 16.3 Å². The Kier molecular flexibility index (Phi) is 13.6. The Hall–Kier alpha value is -0.0775. The first kappa shape index (κ1) is 15.7. The second-order valence-corrected chi connectivity index (χ2v) is 1.08. The second kappa shape index (κ2) is 6.92. The van der Waals surface area contributed by atoms with Crippen molar-refractivity contribution in [3.8, 4) is 0 Å². The maximum absolute atomic E-state index is 9.67. The molecule has 0 fully saturated rings. The number of nitrogens with two attached hydrogens (primary N) is 1. The molecule has 0 heterocycles. The van der Waals surface area contributed by atoms with Crippen molar-refractivity contribution in [2.45, 2.75) is 13.0 Å². The Balaban J connectivity index is -0.000000125. The fourth-order valence-electron chi connectivity index (χ4n) is 0. The first-order chi connectivity index (χ1) is 2.64. The molecule has 1 atom stereocenters. The maximum atomic E-state index is 9.67. The van der Waals surface area contributed by atoms with Gasteiger partial charge in [-0.3, -0.25) is 4.79 Å². The van der Waals surface area contributed by atoms with Gasteiger partial charge in [-0.15, -0.1) is 0 Å². The maximum Gasteiger partial charge on any atom is 0.245 e. The van der Waals surface area contributed by atoms with Crippen molar-refractivity contribution in [3.05, 3.63) is 0 Å². The number of carbonyl (C=O) groups excluding carboxylic acids is 1. The zero-order valence-electron chi connectivity index (χ0n) is 4.01. The second-order valence-electron chi connectivity index (χ2n) is 1.08. The van der Waals surface area contributed by atoms with Crippen LogP contribution in [0.3, 0.4) is 0 Å². The van der Waals surface area contributed by atoms with E-state index in [0.717, 1.165) is 0 Å². The Morgan fingerprint density at radius 1 is 1.75 bits per heavy atom. The molecule has 0 spiro atoms. The molecule has 0 saturated carbocycles. The molecular formula is C3H12AlNO3. The average Bonchev–Trinajstić information content (AvgIpc) is 1.36. The molecule has 0 radical (unpaired) electrons. The number of carbonyl (C=O) groups is 1. The molecule has 50 valence electrons. The van der Waals surface area contributed by atoms with E-state index in [2.05, 4.69) is 5.73 Å². The van der Waals surface area contributed by atoms with Crippen LogP contribution in [0.25, 0.3) is 0 Å². The third-order valence-corrected chi connectivity index (χ3v) is 0.412. The van der Waals surface area contributed by atoms with Crippen molar-refractivity contribution >= 4 is 23.3 Å². The monoisotopic (exact) mass is 137 g/mol. The van der Waals surface area contributed by atoms with Crippen LogP contribution < -0.4 is 5.73 Å².